The Morgan fingerprint density at radius 3 is 2.44 bits per heavy atom. The number of methoxy groups -OCH3 is 2. The van der Waals surface area contributed by atoms with Crippen molar-refractivity contribution in [2.24, 2.45) is 7.05 Å². The Kier molecular flexibility index (Phi) is 8.26. The number of hydrogen-bond donors (Lipinski definition) is 4. The Bertz CT molecular complexity index is 1800. The Morgan fingerprint density at radius 2 is 1.78 bits per heavy atom. The fraction of sp³-hybridized carbons (Fsp3) is 0.344. The molecular formula is C32H35N7O6. The number of nitrogens with one attached hydrogen (secondary N) is 4. The summed E-state index contributed by atoms with van der Waals surface area (Å²) in [5.41, 5.74) is 4.58. The van der Waals surface area contributed by atoms with Crippen LogP contribution in [0.1, 0.15) is 29.9 Å². The van der Waals surface area contributed by atoms with Gasteiger partial charge in [0.05, 0.1) is 27.0 Å². The average Bonchev–Trinajstić information content (AvgIpc) is 3.51. The van der Waals surface area contributed by atoms with Crippen LogP contribution in [-0.4, -0.2) is 77.3 Å². The van der Waals surface area contributed by atoms with Crippen molar-refractivity contribution in [3.05, 3.63) is 70.3 Å². The summed E-state index contributed by atoms with van der Waals surface area (Å²) in [5, 5.41) is 16.3. The van der Waals surface area contributed by atoms with Crippen LogP contribution in [-0.2, 0) is 28.0 Å². The van der Waals surface area contributed by atoms with Crippen LogP contribution in [0.2, 0.25) is 0 Å². The number of aromatic nitrogens is 3. The topological polar surface area (TPSA) is 160 Å². The summed E-state index contributed by atoms with van der Waals surface area (Å²) < 4.78 is 12.9. The fourth-order valence-corrected chi connectivity index (χ4v) is 5.88. The predicted molar refractivity (Wildman–Crippen MR) is 167 cm³/mol. The summed E-state index contributed by atoms with van der Waals surface area (Å²) in [4.78, 5) is 50.6. The number of carbonyl (C=O) groups excluding carboxylic acids is 3. The third kappa shape index (κ3) is 5.98. The monoisotopic (exact) mass is 613 g/mol. The summed E-state index contributed by atoms with van der Waals surface area (Å²) in [6, 6.07) is 11.2. The molecule has 2 aliphatic heterocycles. The van der Waals surface area contributed by atoms with Crippen molar-refractivity contribution in [1.29, 1.82) is 0 Å². The molecule has 1 atom stereocenters. The second-order valence-electron chi connectivity index (χ2n) is 11.3. The molecule has 4 aromatic rings. The minimum atomic E-state index is -0.427. The van der Waals surface area contributed by atoms with Crippen molar-refractivity contribution >= 4 is 34.3 Å². The molecule has 6 rings (SSSR count). The first-order valence-electron chi connectivity index (χ1n) is 14.7. The SMILES string of the molecule is COc1cc(-c2cn(C)c(=O)c3[nH]ncc23)cc(OC)c1CNCC(=O)N1CC(c2ccc(NC3CCC(=O)NC3=O)cc2)C1. The van der Waals surface area contributed by atoms with Gasteiger partial charge in [0.15, 0.2) is 0 Å². The van der Waals surface area contributed by atoms with E-state index in [1.165, 1.54) is 4.57 Å². The van der Waals surface area contributed by atoms with E-state index < -0.39 is 6.04 Å². The number of H-pyrrole nitrogens is 1. The zero-order valence-corrected chi connectivity index (χ0v) is 25.3. The number of amides is 3. The molecule has 0 radical (unpaired) electrons. The molecule has 13 nitrogen and oxygen atoms in total. The lowest BCUT2D eigenvalue weighted by atomic mass is 9.91. The van der Waals surface area contributed by atoms with E-state index in [0.717, 1.165) is 27.9 Å². The van der Waals surface area contributed by atoms with Crippen LogP contribution in [0.25, 0.3) is 22.0 Å². The number of rotatable bonds is 10. The highest BCUT2D eigenvalue weighted by molar-refractivity contribution is 6.01. The van der Waals surface area contributed by atoms with Crippen molar-refractivity contribution in [3.8, 4) is 22.6 Å². The molecule has 2 aliphatic rings. The Labute approximate surface area is 258 Å². The Balaban J connectivity index is 1.04. The van der Waals surface area contributed by atoms with E-state index >= 15 is 0 Å². The largest absolute Gasteiger partial charge is 0.496 e. The van der Waals surface area contributed by atoms with E-state index in [0.29, 0.717) is 54.9 Å². The molecule has 2 aromatic heterocycles. The molecule has 2 aromatic carbocycles. The van der Waals surface area contributed by atoms with Gasteiger partial charge in [0.1, 0.15) is 23.1 Å². The summed E-state index contributed by atoms with van der Waals surface area (Å²) in [6.07, 6.45) is 4.18. The van der Waals surface area contributed by atoms with Crippen LogP contribution < -0.4 is 31.0 Å². The molecular weight excluding hydrogens is 578 g/mol. The molecule has 234 valence electrons. The standard InChI is InChI=1S/C32H35N7O6/c1-38-17-24(22-13-34-37-30(22)32(38)43)19-10-26(44-2)23(27(11-19)45-3)12-33-14-29(41)39-15-20(16-39)18-4-6-21(7-5-18)35-25-8-9-28(40)36-31(25)42/h4-7,10-11,13,17,20,25,33,35H,8-9,12,14-16H2,1-3H3,(H,34,37)(H,36,40,42). The summed E-state index contributed by atoms with van der Waals surface area (Å²) in [5.74, 6) is 0.888. The van der Waals surface area contributed by atoms with Gasteiger partial charge in [-0.05, 0) is 41.8 Å². The molecule has 45 heavy (non-hydrogen) atoms. The van der Waals surface area contributed by atoms with Gasteiger partial charge in [-0.3, -0.25) is 29.6 Å². The summed E-state index contributed by atoms with van der Waals surface area (Å²) >= 11 is 0. The smallest absolute Gasteiger partial charge is 0.276 e. The van der Waals surface area contributed by atoms with Crippen molar-refractivity contribution in [2.45, 2.75) is 31.3 Å². The van der Waals surface area contributed by atoms with Gasteiger partial charge in [-0.2, -0.15) is 5.10 Å². The number of carbonyl (C=O) groups is 3. The van der Waals surface area contributed by atoms with Gasteiger partial charge in [-0.1, -0.05) is 12.1 Å². The molecule has 0 bridgehead atoms. The number of likely N-dealkylation sites (tertiary alicyclic amines) is 1. The van der Waals surface area contributed by atoms with Crippen molar-refractivity contribution < 1.29 is 23.9 Å². The first-order chi connectivity index (χ1) is 21.7. The molecule has 4 heterocycles. The van der Waals surface area contributed by atoms with Crippen LogP contribution in [0.15, 0.2) is 53.6 Å². The minimum Gasteiger partial charge on any atom is -0.496 e. The molecule has 0 spiro atoms. The number of piperidine rings is 1. The molecule has 2 saturated heterocycles. The number of anilines is 1. The number of benzene rings is 2. The number of aryl methyl sites for hydroxylation is 1. The average molecular weight is 614 g/mol. The van der Waals surface area contributed by atoms with Crippen LogP contribution in [0, 0.1) is 0 Å². The number of imide groups is 1. The van der Waals surface area contributed by atoms with E-state index in [1.807, 2.05) is 41.3 Å². The number of pyridine rings is 1. The lowest BCUT2D eigenvalue weighted by molar-refractivity contribution is -0.135. The van der Waals surface area contributed by atoms with Crippen LogP contribution in [0.3, 0.4) is 0 Å². The number of nitrogens with zero attached hydrogens (tertiary/aromatic N) is 3. The van der Waals surface area contributed by atoms with Crippen molar-refractivity contribution in [3.63, 3.8) is 0 Å². The normalized spacial score (nSPS) is 16.8. The molecule has 3 amide bonds. The zero-order valence-electron chi connectivity index (χ0n) is 25.3. The van der Waals surface area contributed by atoms with E-state index in [4.69, 9.17) is 9.47 Å². The van der Waals surface area contributed by atoms with Gasteiger partial charge in [0.25, 0.3) is 5.56 Å². The maximum atomic E-state index is 12.9. The van der Waals surface area contributed by atoms with Gasteiger partial charge in [0.2, 0.25) is 17.7 Å². The van der Waals surface area contributed by atoms with Gasteiger partial charge >= 0.3 is 0 Å². The summed E-state index contributed by atoms with van der Waals surface area (Å²) in [7, 11) is 4.86. The van der Waals surface area contributed by atoms with Crippen molar-refractivity contribution in [1.82, 2.24) is 30.3 Å². The van der Waals surface area contributed by atoms with Crippen LogP contribution in [0.4, 0.5) is 5.69 Å². The van der Waals surface area contributed by atoms with Gasteiger partial charge in [-0.25, -0.2) is 0 Å². The van der Waals surface area contributed by atoms with Gasteiger partial charge in [-0.15, -0.1) is 0 Å². The van der Waals surface area contributed by atoms with Crippen LogP contribution in [0.5, 0.6) is 11.5 Å². The summed E-state index contributed by atoms with van der Waals surface area (Å²) in [6.45, 7) is 1.77. The maximum absolute atomic E-state index is 12.9. The number of aromatic amines is 1. The minimum absolute atomic E-state index is 0.00417. The molecule has 2 fully saturated rings. The van der Waals surface area contributed by atoms with Gasteiger partial charge < -0.3 is 29.6 Å². The fourth-order valence-electron chi connectivity index (χ4n) is 5.88. The van der Waals surface area contributed by atoms with E-state index in [2.05, 4.69) is 26.1 Å². The highest BCUT2D eigenvalue weighted by Crippen LogP contribution is 2.37. The van der Waals surface area contributed by atoms with E-state index in [1.54, 1.807) is 33.7 Å². The first kappa shape index (κ1) is 29.9. The Morgan fingerprint density at radius 1 is 1.07 bits per heavy atom. The Hall–Kier alpha value is -5.17. The van der Waals surface area contributed by atoms with E-state index in [-0.39, 0.29) is 35.7 Å². The number of hydrogen-bond acceptors (Lipinski definition) is 9. The molecule has 0 aliphatic carbocycles. The number of fused-ring (bicyclic) bond motifs is 1. The number of ether oxygens (including phenoxy) is 2. The quantitative estimate of drug-likeness (QED) is 0.196. The lowest BCUT2D eigenvalue weighted by Gasteiger charge is -2.39. The molecule has 1 unspecified atom stereocenters. The highest BCUT2D eigenvalue weighted by Gasteiger charge is 2.32. The predicted octanol–water partition coefficient (Wildman–Crippen LogP) is 1.88. The molecule has 4 N–H and O–H groups in total. The van der Waals surface area contributed by atoms with Crippen molar-refractivity contribution in [2.75, 3.05) is 39.2 Å². The second-order valence-corrected chi connectivity index (χ2v) is 11.3. The first-order valence-corrected chi connectivity index (χ1v) is 14.7. The molecule has 13 heteroatoms. The van der Waals surface area contributed by atoms with Gasteiger partial charge in [0, 0.05) is 67.4 Å². The second kappa shape index (κ2) is 12.4. The van der Waals surface area contributed by atoms with Crippen LogP contribution >= 0.6 is 0 Å². The van der Waals surface area contributed by atoms with E-state index in [9.17, 15) is 19.2 Å². The highest BCUT2D eigenvalue weighted by atomic mass is 16.5. The molecule has 0 saturated carbocycles. The lowest BCUT2D eigenvalue weighted by Crippen LogP contribution is -2.51. The zero-order chi connectivity index (χ0) is 31.7. The maximum Gasteiger partial charge on any atom is 0.276 e. The third-order valence-electron chi connectivity index (χ3n) is 8.48. The third-order valence-corrected chi connectivity index (χ3v) is 8.48.